The molecule has 23 heavy (non-hydrogen) atoms. The first kappa shape index (κ1) is 19.0. The van der Waals surface area contributed by atoms with Crippen molar-refractivity contribution < 1.29 is 24.2 Å². The van der Waals surface area contributed by atoms with Crippen LogP contribution in [0.1, 0.15) is 30.0 Å². The summed E-state index contributed by atoms with van der Waals surface area (Å²) in [6.07, 6.45) is 0.894. The Hall–Kier alpha value is -2.08. The van der Waals surface area contributed by atoms with Gasteiger partial charge < -0.3 is 14.6 Å². The normalized spacial score (nSPS) is 10.7. The predicted octanol–water partition coefficient (Wildman–Crippen LogP) is 2.15. The molecule has 6 heteroatoms. The van der Waals surface area contributed by atoms with Gasteiger partial charge in [-0.2, -0.15) is 0 Å². The van der Waals surface area contributed by atoms with E-state index in [9.17, 15) is 9.59 Å². The number of esters is 1. The van der Waals surface area contributed by atoms with Crippen molar-refractivity contribution in [3.05, 3.63) is 28.8 Å². The topological polar surface area (TPSA) is 76.1 Å². The van der Waals surface area contributed by atoms with Gasteiger partial charge in [0.2, 0.25) is 0 Å². The van der Waals surface area contributed by atoms with Crippen molar-refractivity contribution in [2.45, 2.75) is 33.7 Å². The van der Waals surface area contributed by atoms with Crippen LogP contribution in [-0.2, 0) is 20.9 Å². The van der Waals surface area contributed by atoms with Gasteiger partial charge in [-0.15, -0.1) is 0 Å². The number of carboxylic acid groups (broad SMARTS) is 1. The second kappa shape index (κ2) is 9.15. The molecule has 0 atom stereocenters. The third-order valence-electron chi connectivity index (χ3n) is 3.39. The number of methoxy groups -OCH3 is 1. The van der Waals surface area contributed by atoms with Crippen LogP contribution in [0.15, 0.2) is 12.1 Å². The standard InChI is InChI=1S/C17H25NO5/c1-5-6-18(10-15(19)20)9-14-7-12(2)17(13(3)8-14)23-11-16(21)22-4/h7-8H,5-6,9-11H2,1-4H3,(H,19,20). The van der Waals surface area contributed by atoms with Crippen LogP contribution in [0.3, 0.4) is 0 Å². The number of ether oxygens (including phenoxy) is 2. The van der Waals surface area contributed by atoms with Gasteiger partial charge in [0.15, 0.2) is 6.61 Å². The summed E-state index contributed by atoms with van der Waals surface area (Å²) in [6, 6.07) is 3.92. The fourth-order valence-electron chi connectivity index (χ4n) is 2.53. The predicted molar refractivity (Wildman–Crippen MR) is 86.6 cm³/mol. The Morgan fingerprint density at radius 1 is 1.22 bits per heavy atom. The molecule has 0 spiro atoms. The Labute approximate surface area is 137 Å². The highest BCUT2D eigenvalue weighted by Gasteiger charge is 2.13. The number of hydrogen-bond donors (Lipinski definition) is 1. The third-order valence-corrected chi connectivity index (χ3v) is 3.39. The molecule has 6 nitrogen and oxygen atoms in total. The summed E-state index contributed by atoms with van der Waals surface area (Å²) < 4.78 is 10.1. The van der Waals surface area contributed by atoms with Crippen molar-refractivity contribution in [1.29, 1.82) is 0 Å². The monoisotopic (exact) mass is 323 g/mol. The molecule has 0 radical (unpaired) electrons. The summed E-state index contributed by atoms with van der Waals surface area (Å²) >= 11 is 0. The van der Waals surface area contributed by atoms with Gasteiger partial charge in [0.05, 0.1) is 13.7 Å². The Balaban J connectivity index is 2.85. The lowest BCUT2D eigenvalue weighted by atomic mass is 10.0. The van der Waals surface area contributed by atoms with Crippen LogP contribution in [0.4, 0.5) is 0 Å². The van der Waals surface area contributed by atoms with Crippen molar-refractivity contribution in [1.82, 2.24) is 4.90 Å². The Morgan fingerprint density at radius 3 is 2.30 bits per heavy atom. The van der Waals surface area contributed by atoms with E-state index in [4.69, 9.17) is 9.84 Å². The molecule has 0 saturated heterocycles. The number of aliphatic carboxylic acids is 1. The maximum absolute atomic E-state index is 11.2. The molecule has 0 fully saturated rings. The maximum Gasteiger partial charge on any atom is 0.343 e. The highest BCUT2D eigenvalue weighted by Crippen LogP contribution is 2.25. The largest absolute Gasteiger partial charge is 0.481 e. The van der Waals surface area contributed by atoms with E-state index in [1.807, 2.05) is 37.8 Å². The quantitative estimate of drug-likeness (QED) is 0.702. The first-order valence-electron chi connectivity index (χ1n) is 7.61. The fourth-order valence-corrected chi connectivity index (χ4v) is 2.53. The van der Waals surface area contributed by atoms with Crippen molar-refractivity contribution in [2.24, 2.45) is 0 Å². The van der Waals surface area contributed by atoms with Crippen LogP contribution in [0.2, 0.25) is 0 Å². The zero-order valence-electron chi connectivity index (χ0n) is 14.2. The third kappa shape index (κ3) is 6.28. The average molecular weight is 323 g/mol. The summed E-state index contributed by atoms with van der Waals surface area (Å²) in [5, 5.41) is 8.98. The SMILES string of the molecule is CCCN(CC(=O)O)Cc1cc(C)c(OCC(=O)OC)c(C)c1. The van der Waals surface area contributed by atoms with Gasteiger partial charge >= 0.3 is 11.9 Å². The van der Waals surface area contributed by atoms with Gasteiger partial charge in [0.1, 0.15) is 5.75 Å². The summed E-state index contributed by atoms with van der Waals surface area (Å²) in [6.45, 7) is 7.03. The van der Waals surface area contributed by atoms with Gasteiger partial charge in [-0.25, -0.2) is 4.79 Å². The minimum Gasteiger partial charge on any atom is -0.481 e. The molecular formula is C17H25NO5. The zero-order valence-corrected chi connectivity index (χ0v) is 14.2. The minimum atomic E-state index is -0.829. The minimum absolute atomic E-state index is 0.0204. The van der Waals surface area contributed by atoms with Crippen LogP contribution in [0.25, 0.3) is 0 Å². The summed E-state index contributed by atoms with van der Waals surface area (Å²) in [5.74, 6) is -0.590. The van der Waals surface area contributed by atoms with Gasteiger partial charge in [-0.1, -0.05) is 19.1 Å². The molecule has 0 bridgehead atoms. The van der Waals surface area contributed by atoms with Crippen LogP contribution in [0.5, 0.6) is 5.75 Å². The lowest BCUT2D eigenvalue weighted by Gasteiger charge is -2.21. The first-order valence-corrected chi connectivity index (χ1v) is 7.61. The molecule has 0 unspecified atom stereocenters. The number of rotatable bonds is 9. The molecule has 1 aromatic rings. The summed E-state index contributed by atoms with van der Waals surface area (Å²) in [5.41, 5.74) is 2.85. The van der Waals surface area contributed by atoms with E-state index < -0.39 is 11.9 Å². The zero-order chi connectivity index (χ0) is 17.4. The van der Waals surface area contributed by atoms with Gasteiger partial charge in [0, 0.05) is 6.54 Å². The molecule has 0 heterocycles. The van der Waals surface area contributed by atoms with Crippen LogP contribution in [0, 0.1) is 13.8 Å². The number of carbonyl (C=O) groups is 2. The molecule has 1 rings (SSSR count). The molecular weight excluding hydrogens is 298 g/mol. The maximum atomic E-state index is 11.2. The van der Waals surface area contributed by atoms with Gasteiger partial charge in [0.25, 0.3) is 0 Å². The number of carboxylic acids is 1. The van der Waals surface area contributed by atoms with E-state index >= 15 is 0 Å². The Bertz CT molecular complexity index is 533. The van der Waals surface area contributed by atoms with E-state index in [1.54, 1.807) is 0 Å². The van der Waals surface area contributed by atoms with Gasteiger partial charge in [-0.05, 0) is 43.5 Å². The number of benzene rings is 1. The number of carbonyl (C=O) groups excluding carboxylic acids is 1. The van der Waals surface area contributed by atoms with E-state index in [-0.39, 0.29) is 13.2 Å². The number of hydrogen-bond acceptors (Lipinski definition) is 5. The lowest BCUT2D eigenvalue weighted by Crippen LogP contribution is -2.30. The van der Waals surface area contributed by atoms with E-state index in [2.05, 4.69) is 4.74 Å². The van der Waals surface area contributed by atoms with Crippen molar-refractivity contribution in [3.63, 3.8) is 0 Å². The molecule has 0 saturated carbocycles. The lowest BCUT2D eigenvalue weighted by molar-refractivity contribution is -0.143. The molecule has 128 valence electrons. The molecule has 1 aromatic carbocycles. The summed E-state index contributed by atoms with van der Waals surface area (Å²) in [7, 11) is 1.32. The average Bonchev–Trinajstić information content (AvgIpc) is 2.45. The van der Waals surface area contributed by atoms with E-state index in [0.29, 0.717) is 12.3 Å². The highest BCUT2D eigenvalue weighted by molar-refractivity contribution is 5.71. The second-order valence-electron chi connectivity index (χ2n) is 5.53. The second-order valence-corrected chi connectivity index (χ2v) is 5.53. The van der Waals surface area contributed by atoms with Crippen LogP contribution in [-0.4, -0.2) is 48.8 Å². The number of aryl methyl sites for hydroxylation is 2. The Morgan fingerprint density at radius 2 is 1.83 bits per heavy atom. The smallest absolute Gasteiger partial charge is 0.343 e. The molecule has 0 aliphatic heterocycles. The van der Waals surface area contributed by atoms with Crippen LogP contribution < -0.4 is 4.74 Å². The highest BCUT2D eigenvalue weighted by atomic mass is 16.6. The van der Waals surface area contributed by atoms with Crippen molar-refractivity contribution >= 4 is 11.9 Å². The van der Waals surface area contributed by atoms with E-state index in [1.165, 1.54) is 7.11 Å². The molecule has 0 aliphatic carbocycles. The summed E-state index contributed by atoms with van der Waals surface area (Å²) in [4.78, 5) is 24.0. The fraction of sp³-hybridized carbons (Fsp3) is 0.529. The van der Waals surface area contributed by atoms with Crippen molar-refractivity contribution in [2.75, 3.05) is 26.8 Å². The van der Waals surface area contributed by atoms with Crippen LogP contribution >= 0.6 is 0 Å². The molecule has 0 aromatic heterocycles. The number of nitrogens with zero attached hydrogens (tertiary/aromatic N) is 1. The van der Waals surface area contributed by atoms with Crippen molar-refractivity contribution in [3.8, 4) is 5.75 Å². The van der Waals surface area contributed by atoms with Gasteiger partial charge in [-0.3, -0.25) is 9.69 Å². The molecule has 1 N–H and O–H groups in total. The molecule has 0 amide bonds. The Kier molecular flexibility index (Phi) is 7.54. The van der Waals surface area contributed by atoms with E-state index in [0.717, 1.165) is 29.7 Å². The molecule has 0 aliphatic rings. The first-order chi connectivity index (χ1) is 10.9.